The van der Waals surface area contributed by atoms with Crippen LogP contribution in [-0.2, 0) is 9.53 Å². The van der Waals surface area contributed by atoms with E-state index >= 15 is 0 Å². The highest BCUT2D eigenvalue weighted by Crippen LogP contribution is 2.40. The second-order valence-electron chi connectivity index (χ2n) is 6.99. The predicted molar refractivity (Wildman–Crippen MR) is 84.0 cm³/mol. The van der Waals surface area contributed by atoms with E-state index in [2.05, 4.69) is 31.8 Å². The topological polar surface area (TPSA) is 26.3 Å². The summed E-state index contributed by atoms with van der Waals surface area (Å²) in [7, 11) is -1.21. The minimum Gasteiger partial charge on any atom is -0.459 e. The molecule has 1 fully saturated rings. The fourth-order valence-electron chi connectivity index (χ4n) is 3.22. The third-order valence-corrected chi connectivity index (χ3v) is 6.76. The number of rotatable bonds is 5. The van der Waals surface area contributed by atoms with Crippen LogP contribution in [-0.4, -0.2) is 20.1 Å². The summed E-state index contributed by atoms with van der Waals surface area (Å²) >= 11 is 0. The molecule has 110 valence electrons. The van der Waals surface area contributed by atoms with Gasteiger partial charge in [0, 0.05) is 6.92 Å². The lowest BCUT2D eigenvalue weighted by Gasteiger charge is -2.36. The van der Waals surface area contributed by atoms with Gasteiger partial charge in [-0.05, 0) is 24.5 Å². The highest BCUT2D eigenvalue weighted by Gasteiger charge is 2.32. The van der Waals surface area contributed by atoms with Crippen molar-refractivity contribution in [2.45, 2.75) is 77.2 Å². The van der Waals surface area contributed by atoms with Gasteiger partial charge in [0.05, 0.1) is 8.07 Å². The minimum absolute atomic E-state index is 0.0973. The standard InChI is InChI=1S/C16H30O2Si/c1-13(18-14(2)17)11-12-16(19(3,4)5)15-9-7-6-8-10-15/h11-13,15-16H,6-10H2,1-5H3/b12-11-. The molecule has 3 heteroatoms. The Morgan fingerprint density at radius 3 is 2.21 bits per heavy atom. The largest absolute Gasteiger partial charge is 0.459 e. The van der Waals surface area contributed by atoms with E-state index in [9.17, 15) is 4.79 Å². The molecule has 2 unspecified atom stereocenters. The molecular weight excluding hydrogens is 252 g/mol. The van der Waals surface area contributed by atoms with Crippen LogP contribution in [0, 0.1) is 5.92 Å². The molecule has 1 aliphatic rings. The first-order chi connectivity index (χ1) is 8.80. The van der Waals surface area contributed by atoms with Crippen molar-refractivity contribution in [3.05, 3.63) is 12.2 Å². The number of esters is 1. The molecule has 0 bridgehead atoms. The normalized spacial score (nSPS) is 21.3. The molecule has 0 radical (unpaired) electrons. The van der Waals surface area contributed by atoms with Crippen molar-refractivity contribution in [3.63, 3.8) is 0 Å². The van der Waals surface area contributed by atoms with Gasteiger partial charge >= 0.3 is 5.97 Å². The van der Waals surface area contributed by atoms with Crippen LogP contribution in [0.15, 0.2) is 12.2 Å². The summed E-state index contributed by atoms with van der Waals surface area (Å²) in [5.41, 5.74) is 0.714. The monoisotopic (exact) mass is 282 g/mol. The Morgan fingerprint density at radius 1 is 1.16 bits per heavy atom. The number of allylic oxidation sites excluding steroid dienone is 1. The first kappa shape index (κ1) is 16.5. The summed E-state index contributed by atoms with van der Waals surface area (Å²) < 4.78 is 5.19. The molecular formula is C16H30O2Si. The van der Waals surface area contributed by atoms with E-state index in [1.54, 1.807) is 0 Å². The Labute approximate surface area is 119 Å². The summed E-state index contributed by atoms with van der Waals surface area (Å²) in [6.45, 7) is 10.8. The van der Waals surface area contributed by atoms with Crippen LogP contribution >= 0.6 is 0 Å². The van der Waals surface area contributed by atoms with E-state index in [0.717, 1.165) is 5.92 Å². The number of carbonyl (C=O) groups excluding carboxylic acids is 1. The highest BCUT2D eigenvalue weighted by atomic mass is 28.3. The maximum absolute atomic E-state index is 10.9. The zero-order valence-corrected chi connectivity index (χ0v) is 14.2. The van der Waals surface area contributed by atoms with Gasteiger partial charge in [-0.15, -0.1) is 0 Å². The fraction of sp³-hybridized carbons (Fsp3) is 0.812. The number of carbonyl (C=O) groups is 1. The molecule has 2 atom stereocenters. The SMILES string of the molecule is CC(=O)OC(C)/C=C\C(C1CCCCC1)[Si](C)(C)C. The summed E-state index contributed by atoms with van der Waals surface area (Å²) in [6, 6.07) is 0. The average Bonchev–Trinajstić information content (AvgIpc) is 2.27. The van der Waals surface area contributed by atoms with Gasteiger partial charge in [0.25, 0.3) is 0 Å². The van der Waals surface area contributed by atoms with Gasteiger partial charge in [0.1, 0.15) is 6.10 Å². The van der Waals surface area contributed by atoms with Crippen molar-refractivity contribution in [3.8, 4) is 0 Å². The summed E-state index contributed by atoms with van der Waals surface area (Å²) in [5, 5.41) is 0. The molecule has 19 heavy (non-hydrogen) atoms. The average molecular weight is 282 g/mol. The van der Waals surface area contributed by atoms with Crippen molar-refractivity contribution >= 4 is 14.0 Å². The molecule has 0 saturated heterocycles. The Balaban J connectivity index is 2.69. The first-order valence-electron chi connectivity index (χ1n) is 7.66. The van der Waals surface area contributed by atoms with Crippen LogP contribution < -0.4 is 0 Å². The van der Waals surface area contributed by atoms with E-state index in [0.29, 0.717) is 5.54 Å². The molecule has 0 amide bonds. The molecule has 1 saturated carbocycles. The molecule has 0 aromatic carbocycles. The Kier molecular flexibility index (Phi) is 6.31. The van der Waals surface area contributed by atoms with Gasteiger partial charge in [-0.25, -0.2) is 0 Å². The van der Waals surface area contributed by atoms with Gasteiger partial charge in [0.15, 0.2) is 0 Å². The van der Waals surface area contributed by atoms with Crippen molar-refractivity contribution in [2.75, 3.05) is 0 Å². The molecule has 1 rings (SSSR count). The lowest BCUT2D eigenvalue weighted by atomic mass is 9.86. The molecule has 1 aliphatic carbocycles. The molecule has 0 spiro atoms. The Morgan fingerprint density at radius 2 is 1.74 bits per heavy atom. The van der Waals surface area contributed by atoms with Crippen molar-refractivity contribution in [2.24, 2.45) is 5.92 Å². The Bertz CT molecular complexity index is 311. The molecule has 0 aromatic rings. The third-order valence-electron chi connectivity index (χ3n) is 4.10. The van der Waals surface area contributed by atoms with E-state index in [1.165, 1.54) is 39.0 Å². The fourth-order valence-corrected chi connectivity index (χ4v) is 5.66. The van der Waals surface area contributed by atoms with Crippen molar-refractivity contribution < 1.29 is 9.53 Å². The predicted octanol–water partition coefficient (Wildman–Crippen LogP) is 4.78. The van der Waals surface area contributed by atoms with E-state index < -0.39 is 8.07 Å². The maximum Gasteiger partial charge on any atom is 0.303 e. The molecule has 0 aliphatic heterocycles. The molecule has 0 aromatic heterocycles. The number of hydrogen-bond acceptors (Lipinski definition) is 2. The highest BCUT2D eigenvalue weighted by molar-refractivity contribution is 6.78. The number of hydrogen-bond donors (Lipinski definition) is 0. The maximum atomic E-state index is 10.9. The lowest BCUT2D eigenvalue weighted by Crippen LogP contribution is -2.33. The quantitative estimate of drug-likeness (QED) is 0.412. The van der Waals surface area contributed by atoms with E-state index in [-0.39, 0.29) is 12.1 Å². The summed E-state index contributed by atoms with van der Waals surface area (Å²) in [5.74, 6) is 0.653. The number of ether oxygens (including phenoxy) is 1. The van der Waals surface area contributed by atoms with Gasteiger partial charge in [-0.3, -0.25) is 4.79 Å². The molecule has 0 heterocycles. The van der Waals surface area contributed by atoms with Crippen molar-refractivity contribution in [1.82, 2.24) is 0 Å². The van der Waals surface area contributed by atoms with Gasteiger partial charge in [0.2, 0.25) is 0 Å². The Hall–Kier alpha value is -0.573. The molecule has 2 nitrogen and oxygen atoms in total. The molecule has 0 N–H and O–H groups in total. The van der Waals surface area contributed by atoms with Crippen LogP contribution in [0.1, 0.15) is 46.0 Å². The van der Waals surface area contributed by atoms with Gasteiger partial charge in [-0.2, -0.15) is 0 Å². The van der Waals surface area contributed by atoms with E-state index in [4.69, 9.17) is 4.74 Å². The second kappa shape index (κ2) is 7.27. The summed E-state index contributed by atoms with van der Waals surface area (Å²) in [4.78, 5) is 10.9. The van der Waals surface area contributed by atoms with E-state index in [1.807, 2.05) is 6.92 Å². The van der Waals surface area contributed by atoms with Crippen LogP contribution in [0.25, 0.3) is 0 Å². The second-order valence-corrected chi connectivity index (χ2v) is 12.4. The zero-order valence-electron chi connectivity index (χ0n) is 13.2. The first-order valence-corrected chi connectivity index (χ1v) is 11.2. The van der Waals surface area contributed by atoms with Crippen LogP contribution in [0.5, 0.6) is 0 Å². The van der Waals surface area contributed by atoms with Gasteiger partial charge in [-0.1, -0.05) is 57.8 Å². The van der Waals surface area contributed by atoms with Crippen LogP contribution in [0.4, 0.5) is 0 Å². The third kappa shape index (κ3) is 5.94. The van der Waals surface area contributed by atoms with Crippen LogP contribution in [0.3, 0.4) is 0 Å². The van der Waals surface area contributed by atoms with Gasteiger partial charge < -0.3 is 4.74 Å². The zero-order chi connectivity index (χ0) is 14.5. The van der Waals surface area contributed by atoms with Crippen molar-refractivity contribution in [1.29, 1.82) is 0 Å². The van der Waals surface area contributed by atoms with Crippen LogP contribution in [0.2, 0.25) is 25.2 Å². The lowest BCUT2D eigenvalue weighted by molar-refractivity contribution is -0.143. The summed E-state index contributed by atoms with van der Waals surface area (Å²) in [6.07, 6.45) is 11.3. The minimum atomic E-state index is -1.21. The smallest absolute Gasteiger partial charge is 0.303 e.